The van der Waals surface area contributed by atoms with Gasteiger partial charge in [-0.3, -0.25) is 14.2 Å². The lowest BCUT2D eigenvalue weighted by Crippen LogP contribution is -2.41. The van der Waals surface area contributed by atoms with E-state index in [0.717, 1.165) is 22.9 Å². The highest BCUT2D eigenvalue weighted by molar-refractivity contribution is 7.07. The SMILES string of the molecule is C=CCN1C(=O)/C(=c2/sc3n(c2=O)[C@H](c2c(OC)ccc4ccccc24)C(C(=O)OCC)=C(CCC)N=3)c2ccccc21. The maximum absolute atomic E-state index is 14.6. The molecule has 8 nitrogen and oxygen atoms in total. The summed E-state index contributed by atoms with van der Waals surface area (Å²) in [6, 6.07) is 18.1. The predicted octanol–water partition coefficient (Wildman–Crippen LogP) is 4.64. The Labute approximate surface area is 252 Å². The summed E-state index contributed by atoms with van der Waals surface area (Å²) in [5, 5.41) is 1.77. The summed E-state index contributed by atoms with van der Waals surface area (Å²) in [5.74, 6) is -0.280. The summed E-state index contributed by atoms with van der Waals surface area (Å²) in [7, 11) is 1.57. The van der Waals surface area contributed by atoms with Gasteiger partial charge in [0.1, 0.15) is 16.3 Å². The number of benzene rings is 3. The first-order valence-corrected chi connectivity index (χ1v) is 15.1. The summed E-state index contributed by atoms with van der Waals surface area (Å²) >= 11 is 1.17. The molecule has 218 valence electrons. The summed E-state index contributed by atoms with van der Waals surface area (Å²) < 4.78 is 13.2. The second-order valence-corrected chi connectivity index (χ2v) is 11.2. The van der Waals surface area contributed by atoms with Gasteiger partial charge in [0, 0.05) is 17.7 Å². The number of carbonyl (C=O) groups excluding carboxylic acids is 2. The molecule has 6 rings (SSSR count). The fourth-order valence-electron chi connectivity index (χ4n) is 5.99. The van der Waals surface area contributed by atoms with Gasteiger partial charge in [0.15, 0.2) is 4.80 Å². The number of hydrogen-bond acceptors (Lipinski definition) is 7. The van der Waals surface area contributed by atoms with Crippen molar-refractivity contribution in [2.75, 3.05) is 25.2 Å². The van der Waals surface area contributed by atoms with Crippen molar-refractivity contribution in [2.45, 2.75) is 32.7 Å². The van der Waals surface area contributed by atoms with Crippen LogP contribution < -0.4 is 24.5 Å². The van der Waals surface area contributed by atoms with Crippen molar-refractivity contribution >= 4 is 45.2 Å². The lowest BCUT2D eigenvalue weighted by Gasteiger charge is -2.28. The van der Waals surface area contributed by atoms with E-state index in [9.17, 15) is 14.4 Å². The van der Waals surface area contributed by atoms with E-state index in [0.29, 0.717) is 51.5 Å². The van der Waals surface area contributed by atoms with Crippen LogP contribution in [0.3, 0.4) is 0 Å². The molecule has 2 aliphatic rings. The Balaban J connectivity index is 1.75. The third-order valence-electron chi connectivity index (χ3n) is 7.75. The zero-order chi connectivity index (χ0) is 30.2. The van der Waals surface area contributed by atoms with Gasteiger partial charge in [-0.15, -0.1) is 6.58 Å². The fraction of sp³-hybridized carbons (Fsp3) is 0.235. The molecule has 1 aromatic heterocycles. The van der Waals surface area contributed by atoms with Crippen LogP contribution >= 0.6 is 11.3 Å². The molecule has 0 unspecified atom stereocenters. The molecule has 2 aliphatic heterocycles. The molecule has 0 saturated carbocycles. The van der Waals surface area contributed by atoms with E-state index >= 15 is 0 Å². The minimum atomic E-state index is -0.886. The average molecular weight is 594 g/mol. The van der Waals surface area contributed by atoms with Crippen molar-refractivity contribution in [3.8, 4) is 5.75 Å². The minimum absolute atomic E-state index is 0.167. The molecular weight excluding hydrogens is 562 g/mol. The van der Waals surface area contributed by atoms with E-state index in [1.807, 2.05) is 67.6 Å². The van der Waals surface area contributed by atoms with E-state index in [1.165, 1.54) is 15.9 Å². The number of fused-ring (bicyclic) bond motifs is 3. The second-order valence-electron chi connectivity index (χ2n) is 10.2. The Kier molecular flexibility index (Phi) is 7.58. The molecule has 43 heavy (non-hydrogen) atoms. The van der Waals surface area contributed by atoms with Crippen molar-refractivity contribution in [1.82, 2.24) is 4.57 Å². The highest BCUT2D eigenvalue weighted by Crippen LogP contribution is 2.41. The maximum atomic E-state index is 14.6. The number of para-hydroxylation sites is 1. The van der Waals surface area contributed by atoms with Gasteiger partial charge in [-0.2, -0.15) is 0 Å². The smallest absolute Gasteiger partial charge is 0.338 e. The van der Waals surface area contributed by atoms with Gasteiger partial charge >= 0.3 is 5.97 Å². The summed E-state index contributed by atoms with van der Waals surface area (Å²) in [6.07, 6.45) is 2.89. The van der Waals surface area contributed by atoms with Crippen LogP contribution in [0, 0.1) is 0 Å². The van der Waals surface area contributed by atoms with E-state index in [1.54, 1.807) is 25.0 Å². The van der Waals surface area contributed by atoms with Gasteiger partial charge < -0.3 is 14.4 Å². The Morgan fingerprint density at radius 2 is 1.84 bits per heavy atom. The van der Waals surface area contributed by atoms with Gasteiger partial charge in [-0.05, 0) is 36.2 Å². The Bertz CT molecular complexity index is 2020. The highest BCUT2D eigenvalue weighted by Gasteiger charge is 2.39. The van der Waals surface area contributed by atoms with Gasteiger partial charge in [-0.1, -0.05) is 79.3 Å². The molecule has 0 fully saturated rings. The van der Waals surface area contributed by atoms with Gasteiger partial charge in [-0.25, -0.2) is 9.79 Å². The third-order valence-corrected chi connectivity index (χ3v) is 8.81. The number of amides is 1. The molecule has 1 atom stereocenters. The number of anilines is 1. The van der Waals surface area contributed by atoms with Crippen molar-refractivity contribution in [3.05, 3.63) is 115 Å². The molecular formula is C34H31N3O5S. The largest absolute Gasteiger partial charge is 0.496 e. The molecule has 3 heterocycles. The van der Waals surface area contributed by atoms with Crippen LogP contribution in [-0.2, 0) is 14.3 Å². The summed E-state index contributed by atoms with van der Waals surface area (Å²) in [5.41, 5.74) is 2.84. The van der Waals surface area contributed by atoms with Crippen molar-refractivity contribution in [1.29, 1.82) is 0 Å². The van der Waals surface area contributed by atoms with E-state index < -0.39 is 17.6 Å². The topological polar surface area (TPSA) is 90.2 Å². The molecule has 3 aromatic carbocycles. The normalized spacial score (nSPS) is 17.0. The van der Waals surface area contributed by atoms with Gasteiger partial charge in [0.25, 0.3) is 11.5 Å². The van der Waals surface area contributed by atoms with Crippen LogP contribution in [0.5, 0.6) is 5.75 Å². The second kappa shape index (κ2) is 11.5. The quantitative estimate of drug-likeness (QED) is 0.219. The number of methoxy groups -OCH3 is 1. The average Bonchev–Trinajstić information content (AvgIpc) is 3.48. The number of aromatic nitrogens is 1. The fourth-order valence-corrected chi connectivity index (χ4v) is 7.10. The first-order chi connectivity index (χ1) is 20.9. The molecule has 1 amide bonds. The molecule has 0 radical (unpaired) electrons. The van der Waals surface area contributed by atoms with Crippen LogP contribution in [0.2, 0.25) is 0 Å². The predicted molar refractivity (Wildman–Crippen MR) is 168 cm³/mol. The molecule has 4 aromatic rings. The molecule has 0 N–H and O–H groups in total. The van der Waals surface area contributed by atoms with Gasteiger partial charge in [0.2, 0.25) is 0 Å². The zero-order valence-corrected chi connectivity index (χ0v) is 25.1. The van der Waals surface area contributed by atoms with E-state index in [2.05, 4.69) is 6.58 Å². The van der Waals surface area contributed by atoms with Crippen LogP contribution in [0.15, 0.2) is 94.4 Å². The number of allylic oxidation sites excluding steroid dienone is 1. The number of thiazole rings is 1. The minimum Gasteiger partial charge on any atom is -0.496 e. The Morgan fingerprint density at radius 3 is 2.58 bits per heavy atom. The monoisotopic (exact) mass is 593 g/mol. The van der Waals surface area contributed by atoms with Gasteiger partial charge in [0.05, 0.1) is 36.2 Å². The number of rotatable bonds is 8. The molecule has 9 heteroatoms. The van der Waals surface area contributed by atoms with E-state index in [-0.39, 0.29) is 17.0 Å². The molecule has 0 spiro atoms. The lowest BCUT2D eigenvalue weighted by molar-refractivity contribution is -0.139. The van der Waals surface area contributed by atoms with Crippen LogP contribution in [-0.4, -0.2) is 36.7 Å². The number of esters is 1. The van der Waals surface area contributed by atoms with Crippen molar-refractivity contribution in [3.63, 3.8) is 0 Å². The zero-order valence-electron chi connectivity index (χ0n) is 24.3. The lowest BCUT2D eigenvalue weighted by atomic mass is 9.90. The standard InChI is InChI=1S/C34H31N3O5S/c1-5-12-23-28(33(40)42-7-3)29(26-21-14-9-8-13-20(21)17-18-25(26)41-4)37-32(39)30(43-34(37)35-23)27-22-15-10-11-16-24(22)36(19-6-2)31(27)38/h6,8-11,13-18,29H,2,5,7,12,19H2,1,3-4H3/b30-27+/t29-/m1/s1. The Hall–Kier alpha value is -4.76. The number of ether oxygens (including phenoxy) is 2. The number of hydrogen-bond donors (Lipinski definition) is 0. The van der Waals surface area contributed by atoms with Crippen LogP contribution in [0.4, 0.5) is 5.69 Å². The molecule has 0 bridgehead atoms. The maximum Gasteiger partial charge on any atom is 0.338 e. The number of nitrogens with zero attached hydrogens (tertiary/aromatic N) is 3. The Morgan fingerprint density at radius 1 is 1.07 bits per heavy atom. The summed E-state index contributed by atoms with van der Waals surface area (Å²) in [4.78, 5) is 49.1. The molecule has 0 aliphatic carbocycles. The van der Waals surface area contributed by atoms with Crippen LogP contribution in [0.25, 0.3) is 16.3 Å². The van der Waals surface area contributed by atoms with E-state index in [4.69, 9.17) is 14.5 Å². The summed E-state index contributed by atoms with van der Waals surface area (Å²) in [6.45, 7) is 8.04. The first-order valence-electron chi connectivity index (χ1n) is 14.3. The third kappa shape index (κ3) is 4.51. The van der Waals surface area contributed by atoms with Crippen molar-refractivity contribution in [2.24, 2.45) is 4.99 Å². The van der Waals surface area contributed by atoms with Crippen LogP contribution in [0.1, 0.15) is 43.9 Å². The van der Waals surface area contributed by atoms with Crippen molar-refractivity contribution < 1.29 is 19.1 Å². The highest BCUT2D eigenvalue weighted by atomic mass is 32.1. The molecule has 0 saturated heterocycles. The number of carbonyl (C=O) groups is 2. The first kappa shape index (κ1) is 28.4.